The number of carbonyl (C=O) groups excluding carboxylic acids is 1. The predicted octanol–water partition coefficient (Wildman–Crippen LogP) is 4.00. The summed E-state index contributed by atoms with van der Waals surface area (Å²) in [6.07, 6.45) is 5.25. The first-order valence-electron chi connectivity index (χ1n) is 9.72. The average Bonchev–Trinajstić information content (AvgIpc) is 2.62. The Morgan fingerprint density at radius 3 is 2.36 bits per heavy atom. The van der Waals surface area contributed by atoms with Gasteiger partial charge in [0, 0.05) is 44.0 Å². The minimum atomic E-state index is 0.137. The van der Waals surface area contributed by atoms with Crippen LogP contribution in [0.5, 0.6) is 0 Å². The lowest BCUT2D eigenvalue weighted by Crippen LogP contribution is -2.52. The number of carbonyl (C=O) groups is 1. The highest BCUT2D eigenvalue weighted by Crippen LogP contribution is 2.59. The molecular formula is C22H30N2O. The Balaban J connectivity index is 1.33. The summed E-state index contributed by atoms with van der Waals surface area (Å²) in [5, 5.41) is 0. The van der Waals surface area contributed by atoms with Crippen molar-refractivity contribution in [3.05, 3.63) is 41.5 Å². The summed E-state index contributed by atoms with van der Waals surface area (Å²) >= 11 is 0. The molecule has 2 bridgehead atoms. The van der Waals surface area contributed by atoms with Crippen LogP contribution in [-0.2, 0) is 0 Å². The summed E-state index contributed by atoms with van der Waals surface area (Å²) in [7, 11) is 0. The largest absolute Gasteiger partial charge is 0.369 e. The molecule has 2 atom stereocenters. The van der Waals surface area contributed by atoms with E-state index in [-0.39, 0.29) is 5.78 Å². The van der Waals surface area contributed by atoms with Gasteiger partial charge in [-0.2, -0.15) is 0 Å². The molecule has 1 saturated heterocycles. The normalized spacial score (nSPS) is 28.3. The van der Waals surface area contributed by atoms with Gasteiger partial charge in [0.15, 0.2) is 5.78 Å². The van der Waals surface area contributed by atoms with Gasteiger partial charge >= 0.3 is 0 Å². The maximum Gasteiger partial charge on any atom is 0.159 e. The molecule has 1 aliphatic heterocycles. The van der Waals surface area contributed by atoms with Gasteiger partial charge in [0.2, 0.25) is 0 Å². The molecule has 4 aliphatic rings. The number of hydrogen-bond acceptors (Lipinski definition) is 3. The van der Waals surface area contributed by atoms with Gasteiger partial charge in [-0.1, -0.05) is 25.5 Å². The number of anilines is 1. The monoisotopic (exact) mass is 338 g/mol. The molecule has 0 N–H and O–H groups in total. The standard InChI is InChI=1S/C22H30N2O/c1-16(25)17-5-8-20(9-6-17)24-12-10-23(11-13-24)15-18-4-7-19-14-21(18)22(19,2)3/h4-6,8-9,19,21H,7,10-15H2,1-3H3. The van der Waals surface area contributed by atoms with Crippen molar-refractivity contribution in [3.8, 4) is 0 Å². The molecule has 3 heteroatoms. The lowest BCUT2D eigenvalue weighted by Gasteiger charge is -2.57. The highest BCUT2D eigenvalue weighted by atomic mass is 16.1. The van der Waals surface area contributed by atoms with Gasteiger partial charge in [-0.05, 0) is 61.3 Å². The van der Waals surface area contributed by atoms with Gasteiger partial charge in [-0.25, -0.2) is 0 Å². The van der Waals surface area contributed by atoms with Crippen molar-refractivity contribution in [2.75, 3.05) is 37.6 Å². The lowest BCUT2D eigenvalue weighted by atomic mass is 9.49. The van der Waals surface area contributed by atoms with E-state index < -0.39 is 0 Å². The number of piperazine rings is 1. The summed E-state index contributed by atoms with van der Waals surface area (Å²) in [6.45, 7) is 12.1. The molecule has 1 aromatic rings. The molecule has 0 spiro atoms. The summed E-state index contributed by atoms with van der Waals surface area (Å²) in [6, 6.07) is 8.08. The number of hydrogen-bond donors (Lipinski definition) is 0. The Bertz CT molecular complexity index is 680. The van der Waals surface area contributed by atoms with Crippen LogP contribution in [0.25, 0.3) is 0 Å². The van der Waals surface area contributed by atoms with Crippen LogP contribution in [0.15, 0.2) is 35.9 Å². The van der Waals surface area contributed by atoms with Crippen molar-refractivity contribution in [3.63, 3.8) is 0 Å². The zero-order valence-electron chi connectivity index (χ0n) is 15.8. The van der Waals surface area contributed by atoms with Gasteiger partial charge in [0.05, 0.1) is 0 Å². The molecule has 25 heavy (non-hydrogen) atoms. The number of ketones is 1. The summed E-state index contributed by atoms with van der Waals surface area (Å²) < 4.78 is 0. The van der Waals surface area contributed by atoms with E-state index in [4.69, 9.17) is 0 Å². The number of rotatable bonds is 4. The van der Waals surface area contributed by atoms with Crippen molar-refractivity contribution in [1.82, 2.24) is 4.90 Å². The van der Waals surface area contributed by atoms with Crippen LogP contribution >= 0.6 is 0 Å². The van der Waals surface area contributed by atoms with E-state index in [1.54, 1.807) is 12.5 Å². The van der Waals surface area contributed by atoms with E-state index in [1.165, 1.54) is 18.5 Å². The van der Waals surface area contributed by atoms with Crippen LogP contribution in [0.1, 0.15) is 44.0 Å². The predicted molar refractivity (Wildman–Crippen MR) is 103 cm³/mol. The molecule has 3 aliphatic carbocycles. The number of allylic oxidation sites excluding steroid dienone is 1. The summed E-state index contributed by atoms with van der Waals surface area (Å²) in [5.41, 5.74) is 4.27. The maximum atomic E-state index is 11.4. The first-order valence-corrected chi connectivity index (χ1v) is 9.72. The molecule has 2 unspecified atom stereocenters. The van der Waals surface area contributed by atoms with E-state index in [0.717, 1.165) is 50.1 Å². The van der Waals surface area contributed by atoms with Gasteiger partial charge in [0.25, 0.3) is 0 Å². The molecule has 0 aromatic heterocycles. The molecular weight excluding hydrogens is 308 g/mol. The Hall–Kier alpha value is -1.61. The molecule has 0 radical (unpaired) electrons. The number of nitrogens with zero attached hydrogens (tertiary/aromatic N) is 2. The van der Waals surface area contributed by atoms with E-state index >= 15 is 0 Å². The van der Waals surface area contributed by atoms with E-state index in [1.807, 2.05) is 12.1 Å². The van der Waals surface area contributed by atoms with Gasteiger partial charge in [-0.3, -0.25) is 9.69 Å². The van der Waals surface area contributed by atoms with Crippen LogP contribution in [0.2, 0.25) is 0 Å². The van der Waals surface area contributed by atoms with Crippen LogP contribution < -0.4 is 4.90 Å². The van der Waals surface area contributed by atoms with Crippen LogP contribution in [0, 0.1) is 17.3 Å². The van der Waals surface area contributed by atoms with Gasteiger partial charge in [0.1, 0.15) is 0 Å². The van der Waals surface area contributed by atoms with E-state index in [2.05, 4.69) is 41.9 Å². The number of Topliss-reactive ketones (excluding diaryl/α,β-unsaturated/α-hetero) is 1. The smallest absolute Gasteiger partial charge is 0.159 e. The van der Waals surface area contributed by atoms with Crippen LogP contribution in [0.4, 0.5) is 5.69 Å². The van der Waals surface area contributed by atoms with Gasteiger partial charge in [-0.15, -0.1) is 0 Å². The first kappa shape index (κ1) is 16.8. The highest BCUT2D eigenvalue weighted by Gasteiger charge is 2.51. The number of fused-ring (bicyclic) bond motifs is 1. The second kappa shape index (κ2) is 6.28. The van der Waals surface area contributed by atoms with Crippen molar-refractivity contribution < 1.29 is 4.79 Å². The molecule has 3 nitrogen and oxygen atoms in total. The molecule has 1 saturated carbocycles. The number of benzene rings is 1. The SMILES string of the molecule is CC(=O)c1ccc(N2CCN(CC3=CCC4CC3C4(C)C)CC2)cc1. The fraction of sp³-hybridized carbons (Fsp3) is 0.591. The third-order valence-electron chi connectivity index (χ3n) is 7.00. The Labute approximate surface area is 151 Å². The molecule has 2 fully saturated rings. The fourth-order valence-electron chi connectivity index (χ4n) is 4.99. The Morgan fingerprint density at radius 2 is 1.80 bits per heavy atom. The maximum absolute atomic E-state index is 11.4. The second-order valence-electron chi connectivity index (χ2n) is 8.69. The summed E-state index contributed by atoms with van der Waals surface area (Å²) in [4.78, 5) is 16.5. The minimum Gasteiger partial charge on any atom is -0.369 e. The Morgan fingerprint density at radius 1 is 1.12 bits per heavy atom. The zero-order chi connectivity index (χ0) is 17.6. The Kier molecular flexibility index (Phi) is 4.23. The fourth-order valence-corrected chi connectivity index (χ4v) is 4.99. The van der Waals surface area contributed by atoms with Crippen molar-refractivity contribution in [2.24, 2.45) is 17.3 Å². The topological polar surface area (TPSA) is 23.6 Å². The first-order chi connectivity index (χ1) is 11.9. The third-order valence-corrected chi connectivity index (χ3v) is 7.00. The lowest BCUT2D eigenvalue weighted by molar-refractivity contribution is -0.0107. The van der Waals surface area contributed by atoms with E-state index in [0.29, 0.717) is 5.41 Å². The minimum absolute atomic E-state index is 0.137. The quantitative estimate of drug-likeness (QED) is 0.612. The van der Waals surface area contributed by atoms with Gasteiger partial charge < -0.3 is 4.90 Å². The van der Waals surface area contributed by atoms with Crippen LogP contribution in [0.3, 0.4) is 0 Å². The zero-order valence-corrected chi connectivity index (χ0v) is 15.8. The van der Waals surface area contributed by atoms with Crippen molar-refractivity contribution >= 4 is 11.5 Å². The van der Waals surface area contributed by atoms with Crippen LogP contribution in [-0.4, -0.2) is 43.4 Å². The molecule has 5 rings (SSSR count). The van der Waals surface area contributed by atoms with E-state index in [9.17, 15) is 4.79 Å². The highest BCUT2D eigenvalue weighted by molar-refractivity contribution is 5.94. The van der Waals surface area contributed by atoms with Crippen molar-refractivity contribution in [2.45, 2.75) is 33.6 Å². The molecule has 1 aromatic carbocycles. The second-order valence-corrected chi connectivity index (χ2v) is 8.69. The van der Waals surface area contributed by atoms with Crippen molar-refractivity contribution in [1.29, 1.82) is 0 Å². The third kappa shape index (κ3) is 3.03. The molecule has 134 valence electrons. The molecule has 0 amide bonds. The summed E-state index contributed by atoms with van der Waals surface area (Å²) in [5.74, 6) is 1.89. The molecule has 1 heterocycles. The average molecular weight is 338 g/mol.